The summed E-state index contributed by atoms with van der Waals surface area (Å²) in [6.07, 6.45) is 0.848. The Morgan fingerprint density at radius 2 is 1.87 bits per heavy atom. The Bertz CT molecular complexity index is 1020. The molecule has 1 unspecified atom stereocenters. The molecule has 30 heavy (non-hydrogen) atoms. The maximum atomic E-state index is 13.6. The van der Waals surface area contributed by atoms with Crippen LogP contribution in [0.3, 0.4) is 0 Å². The van der Waals surface area contributed by atoms with Crippen LogP contribution < -0.4 is 10.1 Å². The maximum Gasteiger partial charge on any atom is 0.335 e. The molecule has 158 valence electrons. The highest BCUT2D eigenvalue weighted by Crippen LogP contribution is 2.37. The number of carboxylic acid groups (broad SMARTS) is 1. The van der Waals surface area contributed by atoms with E-state index in [1.54, 1.807) is 30.3 Å². The molecule has 0 saturated carbocycles. The van der Waals surface area contributed by atoms with Crippen LogP contribution >= 0.6 is 0 Å². The second-order valence-electron chi connectivity index (χ2n) is 7.68. The van der Waals surface area contributed by atoms with E-state index in [0.29, 0.717) is 23.0 Å². The molecule has 0 bridgehead atoms. The van der Waals surface area contributed by atoms with Crippen LogP contribution in [-0.2, 0) is 0 Å². The first-order valence-electron chi connectivity index (χ1n) is 9.82. The zero-order valence-electron chi connectivity index (χ0n) is 17.5. The molecule has 0 spiro atoms. The first kappa shape index (κ1) is 21.4. The number of rotatable bonds is 8. The van der Waals surface area contributed by atoms with Gasteiger partial charge in [0.15, 0.2) is 0 Å². The molecule has 0 aliphatic rings. The fraction of sp³-hybridized carbons (Fsp3) is 0.292. The highest BCUT2D eigenvalue weighted by atomic mass is 19.1. The standard InChI is InChI=1S/C24H26FNO4/c1-14(2)11-21(26-18-8-5-16(6-9-18)24(27)28)20-13-23(30-15(20)3)19-10-7-17(25)12-22(19)29-4/h5-10,12-14,21,26H,11H2,1-4H3,(H,27,28). The third kappa shape index (κ3) is 4.82. The second-order valence-corrected chi connectivity index (χ2v) is 7.68. The van der Waals surface area contributed by atoms with E-state index < -0.39 is 5.97 Å². The summed E-state index contributed by atoms with van der Waals surface area (Å²) in [5.41, 5.74) is 2.74. The van der Waals surface area contributed by atoms with Crippen LogP contribution in [-0.4, -0.2) is 18.2 Å². The van der Waals surface area contributed by atoms with Gasteiger partial charge in [-0.3, -0.25) is 0 Å². The highest BCUT2D eigenvalue weighted by Gasteiger charge is 2.21. The lowest BCUT2D eigenvalue weighted by molar-refractivity contribution is 0.0697. The molecule has 1 atom stereocenters. The van der Waals surface area contributed by atoms with Gasteiger partial charge in [-0.1, -0.05) is 13.8 Å². The average molecular weight is 411 g/mol. The molecule has 0 amide bonds. The largest absolute Gasteiger partial charge is 0.496 e. The lowest BCUT2D eigenvalue weighted by Crippen LogP contribution is -2.13. The normalized spacial score (nSPS) is 12.1. The zero-order chi connectivity index (χ0) is 21.8. The summed E-state index contributed by atoms with van der Waals surface area (Å²) in [5.74, 6) is 0.867. The lowest BCUT2D eigenvalue weighted by atomic mass is 9.96. The predicted molar refractivity (Wildman–Crippen MR) is 115 cm³/mol. The zero-order valence-corrected chi connectivity index (χ0v) is 17.5. The molecule has 0 fully saturated rings. The SMILES string of the molecule is COc1cc(F)ccc1-c1cc(C(CC(C)C)Nc2ccc(C(=O)O)cc2)c(C)o1. The highest BCUT2D eigenvalue weighted by molar-refractivity contribution is 5.88. The van der Waals surface area contributed by atoms with Gasteiger partial charge in [-0.05, 0) is 61.7 Å². The van der Waals surface area contributed by atoms with E-state index in [-0.39, 0.29) is 17.4 Å². The number of methoxy groups -OCH3 is 1. The van der Waals surface area contributed by atoms with Gasteiger partial charge in [0.25, 0.3) is 0 Å². The number of carboxylic acids is 1. The number of hydrogen-bond donors (Lipinski definition) is 2. The van der Waals surface area contributed by atoms with Gasteiger partial charge in [0, 0.05) is 17.3 Å². The van der Waals surface area contributed by atoms with E-state index in [1.165, 1.54) is 19.2 Å². The number of furan rings is 1. The summed E-state index contributed by atoms with van der Waals surface area (Å²) in [5, 5.41) is 12.6. The molecule has 1 heterocycles. The molecule has 2 N–H and O–H groups in total. The van der Waals surface area contributed by atoms with Gasteiger partial charge in [-0.15, -0.1) is 0 Å². The second kappa shape index (κ2) is 9.03. The Balaban J connectivity index is 1.94. The van der Waals surface area contributed by atoms with Gasteiger partial charge in [0.05, 0.1) is 24.3 Å². The number of nitrogens with one attached hydrogen (secondary N) is 1. The van der Waals surface area contributed by atoms with Crippen molar-refractivity contribution in [2.75, 3.05) is 12.4 Å². The molecule has 3 rings (SSSR count). The van der Waals surface area contributed by atoms with Crippen LogP contribution in [0, 0.1) is 18.7 Å². The summed E-state index contributed by atoms with van der Waals surface area (Å²) in [7, 11) is 1.50. The Morgan fingerprint density at radius 1 is 1.17 bits per heavy atom. The summed E-state index contributed by atoms with van der Waals surface area (Å²) in [4.78, 5) is 11.1. The molecule has 0 saturated heterocycles. The van der Waals surface area contributed by atoms with Crippen molar-refractivity contribution in [1.29, 1.82) is 0 Å². The molecule has 5 nitrogen and oxygen atoms in total. The van der Waals surface area contributed by atoms with E-state index >= 15 is 0 Å². The van der Waals surface area contributed by atoms with Gasteiger partial charge in [-0.2, -0.15) is 0 Å². The van der Waals surface area contributed by atoms with E-state index in [0.717, 1.165) is 23.4 Å². The Kier molecular flexibility index (Phi) is 6.45. The summed E-state index contributed by atoms with van der Waals surface area (Å²) in [6, 6.07) is 12.9. The maximum absolute atomic E-state index is 13.6. The van der Waals surface area contributed by atoms with Gasteiger partial charge in [-0.25, -0.2) is 9.18 Å². The summed E-state index contributed by atoms with van der Waals surface area (Å²) >= 11 is 0. The number of halogens is 1. The molecule has 3 aromatic rings. The topological polar surface area (TPSA) is 71.7 Å². The Labute approximate surface area is 175 Å². The molecule has 2 aromatic carbocycles. The fourth-order valence-corrected chi connectivity index (χ4v) is 3.49. The molecular weight excluding hydrogens is 385 g/mol. The number of benzene rings is 2. The predicted octanol–water partition coefficient (Wildman–Crippen LogP) is 6.30. The monoisotopic (exact) mass is 411 g/mol. The number of carbonyl (C=O) groups is 1. The van der Waals surface area contributed by atoms with Crippen molar-refractivity contribution in [2.45, 2.75) is 33.2 Å². The molecule has 1 aromatic heterocycles. The first-order chi connectivity index (χ1) is 14.3. The Hall–Kier alpha value is -3.28. The van der Waals surface area contributed by atoms with Crippen LogP contribution in [0.2, 0.25) is 0 Å². The smallest absolute Gasteiger partial charge is 0.335 e. The molecule has 0 aliphatic carbocycles. The van der Waals surface area contributed by atoms with E-state index in [4.69, 9.17) is 14.3 Å². The Morgan fingerprint density at radius 3 is 2.47 bits per heavy atom. The van der Waals surface area contributed by atoms with Crippen LogP contribution in [0.25, 0.3) is 11.3 Å². The van der Waals surface area contributed by atoms with Gasteiger partial charge in [0.2, 0.25) is 0 Å². The number of anilines is 1. The molecule has 0 radical (unpaired) electrons. The van der Waals surface area contributed by atoms with Crippen molar-refractivity contribution >= 4 is 11.7 Å². The number of aryl methyl sites for hydroxylation is 1. The average Bonchev–Trinajstić information content (AvgIpc) is 3.08. The first-order valence-corrected chi connectivity index (χ1v) is 9.82. The number of aromatic carboxylic acids is 1. The molecular formula is C24H26FNO4. The van der Waals surface area contributed by atoms with Crippen LogP contribution in [0.15, 0.2) is 52.9 Å². The van der Waals surface area contributed by atoms with E-state index in [2.05, 4.69) is 19.2 Å². The van der Waals surface area contributed by atoms with Crippen LogP contribution in [0.4, 0.5) is 10.1 Å². The number of hydrogen-bond acceptors (Lipinski definition) is 4. The van der Waals surface area contributed by atoms with E-state index in [9.17, 15) is 9.18 Å². The fourth-order valence-electron chi connectivity index (χ4n) is 3.49. The van der Waals surface area contributed by atoms with Crippen LogP contribution in [0.1, 0.15) is 48.0 Å². The third-order valence-electron chi connectivity index (χ3n) is 4.94. The minimum atomic E-state index is -0.955. The lowest BCUT2D eigenvalue weighted by Gasteiger charge is -2.21. The molecule has 0 aliphatic heterocycles. The minimum Gasteiger partial charge on any atom is -0.496 e. The van der Waals surface area contributed by atoms with Crippen molar-refractivity contribution in [1.82, 2.24) is 0 Å². The third-order valence-corrected chi connectivity index (χ3v) is 4.94. The van der Waals surface area contributed by atoms with Gasteiger partial charge >= 0.3 is 5.97 Å². The number of ether oxygens (including phenoxy) is 1. The van der Waals surface area contributed by atoms with E-state index in [1.807, 2.05) is 13.0 Å². The van der Waals surface area contributed by atoms with Crippen molar-refractivity contribution in [3.8, 4) is 17.1 Å². The van der Waals surface area contributed by atoms with Crippen molar-refractivity contribution in [3.05, 3.63) is 71.2 Å². The summed E-state index contributed by atoms with van der Waals surface area (Å²) in [6.45, 7) is 6.18. The van der Waals surface area contributed by atoms with Gasteiger partial charge < -0.3 is 19.6 Å². The summed E-state index contributed by atoms with van der Waals surface area (Å²) < 4.78 is 24.9. The van der Waals surface area contributed by atoms with Crippen molar-refractivity contribution in [2.24, 2.45) is 5.92 Å². The molecule has 6 heteroatoms. The van der Waals surface area contributed by atoms with Gasteiger partial charge in [0.1, 0.15) is 23.1 Å². The van der Waals surface area contributed by atoms with Crippen LogP contribution in [0.5, 0.6) is 5.75 Å². The van der Waals surface area contributed by atoms with Crippen molar-refractivity contribution < 1.29 is 23.4 Å². The quantitative estimate of drug-likeness (QED) is 0.455. The van der Waals surface area contributed by atoms with Crippen molar-refractivity contribution in [3.63, 3.8) is 0 Å². The minimum absolute atomic E-state index is 0.0374.